The van der Waals surface area contributed by atoms with E-state index in [1.54, 1.807) is 24.3 Å². The summed E-state index contributed by atoms with van der Waals surface area (Å²) in [5, 5.41) is 6.37. The minimum atomic E-state index is -0.115. The van der Waals surface area contributed by atoms with Crippen LogP contribution in [0.2, 0.25) is 5.02 Å². The molecule has 0 aliphatic rings. The molecular weight excluding hydrogens is 236 g/mol. The lowest BCUT2D eigenvalue weighted by Gasteiger charge is -2.11. The lowest BCUT2D eigenvalue weighted by atomic mass is 10.2. The Morgan fingerprint density at radius 3 is 3.00 bits per heavy atom. The highest BCUT2D eigenvalue weighted by atomic mass is 35.5. The molecule has 4 heteroatoms. The zero-order chi connectivity index (χ0) is 12.7. The monoisotopic (exact) mass is 250 g/mol. The summed E-state index contributed by atoms with van der Waals surface area (Å²) >= 11 is 5.81. The molecule has 0 radical (unpaired) electrons. The lowest BCUT2D eigenvalue weighted by molar-refractivity contribution is -0.115. The first-order valence-corrected chi connectivity index (χ1v) is 5.72. The van der Waals surface area contributed by atoms with Crippen LogP contribution in [0, 0.1) is 12.3 Å². The minimum Gasteiger partial charge on any atom is -0.325 e. The smallest absolute Gasteiger partial charge is 0.238 e. The van der Waals surface area contributed by atoms with E-state index in [1.165, 1.54) is 0 Å². The Labute approximate surface area is 107 Å². The van der Waals surface area contributed by atoms with E-state index in [2.05, 4.69) is 16.6 Å². The number of halogens is 1. The molecule has 3 nitrogen and oxygen atoms in total. The second-order valence-corrected chi connectivity index (χ2v) is 4.19. The van der Waals surface area contributed by atoms with Crippen LogP contribution in [0.5, 0.6) is 0 Å². The van der Waals surface area contributed by atoms with Crippen LogP contribution >= 0.6 is 11.6 Å². The number of anilines is 1. The number of benzene rings is 1. The van der Waals surface area contributed by atoms with Gasteiger partial charge in [0.25, 0.3) is 0 Å². The molecule has 90 valence electrons. The van der Waals surface area contributed by atoms with Crippen LogP contribution < -0.4 is 10.6 Å². The van der Waals surface area contributed by atoms with Gasteiger partial charge in [0.1, 0.15) is 0 Å². The van der Waals surface area contributed by atoms with Gasteiger partial charge in [-0.1, -0.05) is 17.7 Å². The van der Waals surface area contributed by atoms with E-state index < -0.39 is 0 Å². The van der Waals surface area contributed by atoms with Crippen LogP contribution in [0.4, 0.5) is 5.69 Å². The van der Waals surface area contributed by atoms with E-state index in [9.17, 15) is 4.79 Å². The van der Waals surface area contributed by atoms with Gasteiger partial charge in [0.2, 0.25) is 5.91 Å². The number of hydrogen-bond donors (Lipinski definition) is 2. The van der Waals surface area contributed by atoms with Gasteiger partial charge in [-0.2, -0.15) is 0 Å². The summed E-state index contributed by atoms with van der Waals surface area (Å²) < 4.78 is 0. The molecule has 0 saturated heterocycles. The second-order valence-electron chi connectivity index (χ2n) is 3.75. The van der Waals surface area contributed by atoms with Gasteiger partial charge in [0.15, 0.2) is 0 Å². The van der Waals surface area contributed by atoms with E-state index in [-0.39, 0.29) is 18.5 Å². The van der Waals surface area contributed by atoms with Crippen LogP contribution in [0.1, 0.15) is 13.3 Å². The Morgan fingerprint density at radius 2 is 2.35 bits per heavy atom. The quantitative estimate of drug-likeness (QED) is 0.788. The van der Waals surface area contributed by atoms with Gasteiger partial charge in [-0.3, -0.25) is 4.79 Å². The zero-order valence-corrected chi connectivity index (χ0v) is 10.4. The predicted octanol–water partition coefficient (Wildman–Crippen LogP) is 2.28. The number of amides is 1. The Balaban J connectivity index is 2.38. The molecule has 0 spiro atoms. The fraction of sp³-hybridized carbons (Fsp3) is 0.308. The minimum absolute atomic E-state index is 0.115. The first kappa shape index (κ1) is 13.6. The summed E-state index contributed by atoms with van der Waals surface area (Å²) in [5.74, 6) is 2.42. The SMILES string of the molecule is C#CCC(C)NCC(=O)Nc1cccc(Cl)c1. The average Bonchev–Trinajstić information content (AvgIpc) is 2.27. The van der Waals surface area contributed by atoms with E-state index in [4.69, 9.17) is 18.0 Å². The molecule has 1 atom stereocenters. The van der Waals surface area contributed by atoms with Gasteiger partial charge < -0.3 is 10.6 Å². The standard InChI is InChI=1S/C13H15ClN2O/c1-3-5-10(2)15-9-13(17)16-12-7-4-6-11(14)8-12/h1,4,6-8,10,15H,5,9H2,2H3,(H,16,17). The highest BCUT2D eigenvalue weighted by Crippen LogP contribution is 2.14. The fourth-order valence-electron chi connectivity index (χ4n) is 1.29. The third-order valence-electron chi connectivity index (χ3n) is 2.14. The molecule has 0 aliphatic heterocycles. The highest BCUT2D eigenvalue weighted by Gasteiger charge is 2.05. The van der Waals surface area contributed by atoms with Crippen molar-refractivity contribution in [2.75, 3.05) is 11.9 Å². The molecule has 1 aromatic carbocycles. The van der Waals surface area contributed by atoms with Gasteiger partial charge in [-0.25, -0.2) is 0 Å². The van der Waals surface area contributed by atoms with Crippen molar-refractivity contribution in [1.29, 1.82) is 0 Å². The Kier molecular flexibility index (Phi) is 5.55. The predicted molar refractivity (Wildman–Crippen MR) is 71.0 cm³/mol. The van der Waals surface area contributed by atoms with E-state index in [1.807, 2.05) is 6.92 Å². The molecule has 0 aliphatic carbocycles. The maximum atomic E-state index is 11.6. The molecule has 1 unspecified atom stereocenters. The number of carbonyl (C=O) groups is 1. The summed E-state index contributed by atoms with van der Waals surface area (Å²) in [4.78, 5) is 11.6. The maximum Gasteiger partial charge on any atom is 0.238 e. The first-order chi connectivity index (χ1) is 8.11. The summed E-state index contributed by atoms with van der Waals surface area (Å²) in [5.41, 5.74) is 0.689. The van der Waals surface area contributed by atoms with Gasteiger partial charge in [0, 0.05) is 23.2 Å². The lowest BCUT2D eigenvalue weighted by Crippen LogP contribution is -2.34. The Bertz CT molecular complexity index is 426. The topological polar surface area (TPSA) is 41.1 Å². The third kappa shape index (κ3) is 5.39. The molecule has 2 N–H and O–H groups in total. The highest BCUT2D eigenvalue weighted by molar-refractivity contribution is 6.30. The third-order valence-corrected chi connectivity index (χ3v) is 2.38. The van der Waals surface area contributed by atoms with Crippen LogP contribution in [0.15, 0.2) is 24.3 Å². The molecular formula is C13H15ClN2O. The normalized spacial score (nSPS) is 11.6. The van der Waals surface area contributed by atoms with Crippen LogP contribution in [0.3, 0.4) is 0 Å². The Hall–Kier alpha value is -1.50. The van der Waals surface area contributed by atoms with Crippen molar-refractivity contribution in [2.45, 2.75) is 19.4 Å². The average molecular weight is 251 g/mol. The maximum absolute atomic E-state index is 11.6. The molecule has 1 aromatic rings. The largest absolute Gasteiger partial charge is 0.325 e. The summed E-state index contributed by atoms with van der Waals surface area (Å²) in [6, 6.07) is 7.15. The summed E-state index contributed by atoms with van der Waals surface area (Å²) in [6.45, 7) is 2.17. The van der Waals surface area contributed by atoms with Gasteiger partial charge in [-0.05, 0) is 25.1 Å². The molecule has 0 heterocycles. The first-order valence-electron chi connectivity index (χ1n) is 5.34. The second kappa shape index (κ2) is 6.95. The number of carbonyl (C=O) groups excluding carboxylic acids is 1. The van der Waals surface area contributed by atoms with Crippen LogP contribution in [0.25, 0.3) is 0 Å². The molecule has 1 amide bonds. The molecule has 1 rings (SSSR count). The summed E-state index contributed by atoms with van der Waals surface area (Å²) in [6.07, 6.45) is 5.77. The molecule has 0 aromatic heterocycles. The number of terminal acetylenes is 1. The number of hydrogen-bond acceptors (Lipinski definition) is 2. The van der Waals surface area contributed by atoms with Crippen molar-refractivity contribution in [3.05, 3.63) is 29.3 Å². The van der Waals surface area contributed by atoms with Crippen LogP contribution in [-0.4, -0.2) is 18.5 Å². The molecule has 17 heavy (non-hydrogen) atoms. The van der Waals surface area contributed by atoms with E-state index >= 15 is 0 Å². The molecule has 0 bridgehead atoms. The van der Waals surface area contributed by atoms with E-state index in [0.717, 1.165) is 0 Å². The van der Waals surface area contributed by atoms with Crippen molar-refractivity contribution in [3.8, 4) is 12.3 Å². The van der Waals surface area contributed by atoms with E-state index in [0.29, 0.717) is 17.1 Å². The van der Waals surface area contributed by atoms with Crippen molar-refractivity contribution in [3.63, 3.8) is 0 Å². The molecule has 0 fully saturated rings. The summed E-state index contributed by atoms with van der Waals surface area (Å²) in [7, 11) is 0. The van der Waals surface area contributed by atoms with Gasteiger partial charge in [0.05, 0.1) is 6.54 Å². The molecule has 0 saturated carbocycles. The van der Waals surface area contributed by atoms with Gasteiger partial charge >= 0.3 is 0 Å². The number of rotatable bonds is 5. The zero-order valence-electron chi connectivity index (χ0n) is 9.66. The fourth-order valence-corrected chi connectivity index (χ4v) is 1.48. The Morgan fingerprint density at radius 1 is 1.59 bits per heavy atom. The number of nitrogens with one attached hydrogen (secondary N) is 2. The van der Waals surface area contributed by atoms with Crippen LogP contribution in [-0.2, 0) is 4.79 Å². The van der Waals surface area contributed by atoms with Crippen molar-refractivity contribution in [2.24, 2.45) is 0 Å². The van der Waals surface area contributed by atoms with Crippen molar-refractivity contribution >= 4 is 23.2 Å². The van der Waals surface area contributed by atoms with Gasteiger partial charge in [-0.15, -0.1) is 12.3 Å². The van der Waals surface area contributed by atoms with Crippen molar-refractivity contribution < 1.29 is 4.79 Å². The van der Waals surface area contributed by atoms with Crippen molar-refractivity contribution in [1.82, 2.24) is 5.32 Å².